The predicted octanol–water partition coefficient (Wildman–Crippen LogP) is 2.11. The highest BCUT2D eigenvalue weighted by Gasteiger charge is 2.38. The number of nitrogens with zero attached hydrogens (tertiary/aromatic N) is 1. The van der Waals surface area contributed by atoms with Crippen molar-refractivity contribution in [2.75, 3.05) is 7.05 Å². The van der Waals surface area contributed by atoms with E-state index in [9.17, 15) is 4.79 Å². The predicted molar refractivity (Wildman–Crippen MR) is 58.8 cm³/mol. The van der Waals surface area contributed by atoms with Crippen LogP contribution in [0.15, 0.2) is 0 Å². The fourth-order valence-corrected chi connectivity index (χ4v) is 2.91. The van der Waals surface area contributed by atoms with E-state index in [2.05, 4.69) is 11.9 Å². The van der Waals surface area contributed by atoms with Crippen LogP contribution in [-0.4, -0.2) is 35.1 Å². The average molecular weight is 211 g/mol. The fourth-order valence-electron chi connectivity index (χ4n) is 2.91. The summed E-state index contributed by atoms with van der Waals surface area (Å²) in [5.41, 5.74) is 0. The first-order valence-electron chi connectivity index (χ1n) is 6.13. The fraction of sp³-hybridized carbons (Fsp3) is 0.917. The Morgan fingerprint density at radius 1 is 1.13 bits per heavy atom. The molecule has 0 bridgehead atoms. The third-order valence-electron chi connectivity index (χ3n) is 4.19. The number of rotatable bonds is 3. The summed E-state index contributed by atoms with van der Waals surface area (Å²) in [6, 6.07) is 1.26. The van der Waals surface area contributed by atoms with Crippen LogP contribution >= 0.6 is 0 Å². The summed E-state index contributed by atoms with van der Waals surface area (Å²) in [7, 11) is 2.18. The molecule has 2 fully saturated rings. The van der Waals surface area contributed by atoms with E-state index in [1.807, 2.05) is 0 Å². The van der Waals surface area contributed by atoms with Crippen molar-refractivity contribution in [3.63, 3.8) is 0 Å². The maximum absolute atomic E-state index is 10.7. The molecule has 0 spiro atoms. The molecule has 3 heteroatoms. The van der Waals surface area contributed by atoms with Gasteiger partial charge in [-0.2, -0.15) is 0 Å². The third kappa shape index (κ3) is 2.33. The molecule has 0 radical (unpaired) electrons. The second kappa shape index (κ2) is 4.52. The molecule has 0 atom stereocenters. The van der Waals surface area contributed by atoms with E-state index in [-0.39, 0.29) is 5.92 Å². The van der Waals surface area contributed by atoms with Gasteiger partial charge in [-0.25, -0.2) is 0 Å². The van der Waals surface area contributed by atoms with E-state index in [0.29, 0.717) is 6.04 Å². The topological polar surface area (TPSA) is 40.5 Å². The van der Waals surface area contributed by atoms with Gasteiger partial charge in [0.15, 0.2) is 0 Å². The molecule has 0 heterocycles. The Bertz CT molecular complexity index is 230. The van der Waals surface area contributed by atoms with Crippen LogP contribution in [0.3, 0.4) is 0 Å². The zero-order valence-electron chi connectivity index (χ0n) is 9.48. The van der Waals surface area contributed by atoms with E-state index in [1.165, 1.54) is 32.1 Å². The van der Waals surface area contributed by atoms with Crippen molar-refractivity contribution < 1.29 is 9.90 Å². The lowest BCUT2D eigenvalue weighted by Crippen LogP contribution is -2.49. The normalized spacial score (nSPS) is 32.7. The maximum Gasteiger partial charge on any atom is 0.306 e. The first kappa shape index (κ1) is 10.9. The van der Waals surface area contributed by atoms with Crippen molar-refractivity contribution in [2.45, 2.75) is 57.0 Å². The lowest BCUT2D eigenvalue weighted by atomic mass is 9.78. The first-order valence-corrected chi connectivity index (χ1v) is 6.13. The Morgan fingerprint density at radius 2 is 1.73 bits per heavy atom. The van der Waals surface area contributed by atoms with Crippen molar-refractivity contribution in [1.82, 2.24) is 4.90 Å². The van der Waals surface area contributed by atoms with Crippen LogP contribution in [0.2, 0.25) is 0 Å². The van der Waals surface area contributed by atoms with Gasteiger partial charge in [0.25, 0.3) is 0 Å². The van der Waals surface area contributed by atoms with Gasteiger partial charge in [-0.05, 0) is 32.7 Å². The van der Waals surface area contributed by atoms with Gasteiger partial charge in [-0.3, -0.25) is 4.79 Å². The van der Waals surface area contributed by atoms with E-state index in [4.69, 9.17) is 5.11 Å². The molecule has 0 aromatic carbocycles. The van der Waals surface area contributed by atoms with Gasteiger partial charge in [0.05, 0.1) is 5.92 Å². The Labute approximate surface area is 91.5 Å². The van der Waals surface area contributed by atoms with E-state index < -0.39 is 5.97 Å². The van der Waals surface area contributed by atoms with Crippen molar-refractivity contribution in [1.29, 1.82) is 0 Å². The van der Waals surface area contributed by atoms with Crippen LogP contribution < -0.4 is 0 Å². The quantitative estimate of drug-likeness (QED) is 0.777. The molecule has 1 N–H and O–H groups in total. The number of carbonyl (C=O) groups is 1. The van der Waals surface area contributed by atoms with Gasteiger partial charge in [0.2, 0.25) is 0 Å². The molecule has 0 amide bonds. The molecular weight excluding hydrogens is 190 g/mol. The lowest BCUT2D eigenvalue weighted by molar-refractivity contribution is -0.147. The van der Waals surface area contributed by atoms with Gasteiger partial charge in [0.1, 0.15) is 0 Å². The van der Waals surface area contributed by atoms with Crippen LogP contribution in [0.4, 0.5) is 0 Å². The molecular formula is C12H21NO2. The van der Waals surface area contributed by atoms with Gasteiger partial charge < -0.3 is 10.0 Å². The molecule has 86 valence electrons. The minimum atomic E-state index is -0.608. The largest absolute Gasteiger partial charge is 0.481 e. The summed E-state index contributed by atoms with van der Waals surface area (Å²) in [4.78, 5) is 13.2. The molecule has 0 saturated heterocycles. The molecule has 0 aromatic heterocycles. The van der Waals surface area contributed by atoms with E-state index in [1.54, 1.807) is 0 Å². The number of hydrogen-bond donors (Lipinski definition) is 1. The number of carboxylic acids is 1. The molecule has 0 aromatic rings. The second-order valence-electron chi connectivity index (χ2n) is 5.12. The molecule has 3 nitrogen and oxygen atoms in total. The third-order valence-corrected chi connectivity index (χ3v) is 4.19. The molecule has 2 rings (SSSR count). The summed E-state index contributed by atoms with van der Waals surface area (Å²) < 4.78 is 0. The lowest BCUT2D eigenvalue weighted by Gasteiger charge is -2.44. The first-order chi connectivity index (χ1) is 7.18. The van der Waals surface area contributed by atoms with Crippen LogP contribution in [0.1, 0.15) is 44.9 Å². The smallest absolute Gasteiger partial charge is 0.306 e. The van der Waals surface area contributed by atoms with Crippen LogP contribution in [0.5, 0.6) is 0 Å². The molecule has 2 aliphatic carbocycles. The van der Waals surface area contributed by atoms with Crippen molar-refractivity contribution in [3.8, 4) is 0 Å². The van der Waals surface area contributed by atoms with Gasteiger partial charge in [0, 0.05) is 12.1 Å². The van der Waals surface area contributed by atoms with E-state index in [0.717, 1.165) is 18.9 Å². The molecule has 2 aliphatic rings. The van der Waals surface area contributed by atoms with Crippen molar-refractivity contribution >= 4 is 5.97 Å². The van der Waals surface area contributed by atoms with Crippen LogP contribution in [-0.2, 0) is 4.79 Å². The molecule has 0 unspecified atom stereocenters. The second-order valence-corrected chi connectivity index (χ2v) is 5.12. The Balaban J connectivity index is 1.77. The molecule has 0 aliphatic heterocycles. The molecule has 2 saturated carbocycles. The minimum absolute atomic E-state index is 0.0685. The summed E-state index contributed by atoms with van der Waals surface area (Å²) in [5, 5.41) is 8.82. The van der Waals surface area contributed by atoms with Gasteiger partial charge in [-0.1, -0.05) is 19.3 Å². The van der Waals surface area contributed by atoms with Crippen molar-refractivity contribution in [3.05, 3.63) is 0 Å². The van der Waals surface area contributed by atoms with Crippen LogP contribution in [0.25, 0.3) is 0 Å². The molecule has 15 heavy (non-hydrogen) atoms. The summed E-state index contributed by atoms with van der Waals surface area (Å²) >= 11 is 0. The average Bonchev–Trinajstić information content (AvgIpc) is 2.16. The number of carboxylic acid groups (broad SMARTS) is 1. The van der Waals surface area contributed by atoms with Gasteiger partial charge in [-0.15, -0.1) is 0 Å². The summed E-state index contributed by atoms with van der Waals surface area (Å²) in [6.07, 6.45) is 8.43. The highest BCUT2D eigenvalue weighted by atomic mass is 16.4. The number of aliphatic carboxylic acids is 1. The van der Waals surface area contributed by atoms with Crippen molar-refractivity contribution in [2.24, 2.45) is 5.92 Å². The maximum atomic E-state index is 10.7. The monoisotopic (exact) mass is 211 g/mol. The highest BCUT2D eigenvalue weighted by Crippen LogP contribution is 2.34. The Kier molecular flexibility index (Phi) is 3.29. The summed E-state index contributed by atoms with van der Waals surface area (Å²) in [5.74, 6) is -0.677. The summed E-state index contributed by atoms with van der Waals surface area (Å²) in [6.45, 7) is 0. The number of hydrogen-bond acceptors (Lipinski definition) is 2. The minimum Gasteiger partial charge on any atom is -0.481 e. The van der Waals surface area contributed by atoms with E-state index >= 15 is 0 Å². The zero-order valence-corrected chi connectivity index (χ0v) is 9.48. The standard InChI is InChI=1S/C12H21NO2/c1-13(10-5-3-2-4-6-10)11-7-9(8-11)12(14)15/h9-11H,2-8H2,1H3,(H,14,15). The van der Waals surface area contributed by atoms with Crippen LogP contribution in [0, 0.1) is 5.92 Å². The van der Waals surface area contributed by atoms with Gasteiger partial charge >= 0.3 is 5.97 Å². The highest BCUT2D eigenvalue weighted by molar-refractivity contribution is 5.71. The Morgan fingerprint density at radius 3 is 2.27 bits per heavy atom. The SMILES string of the molecule is CN(C1CCCCC1)C1CC(C(=O)O)C1. The zero-order chi connectivity index (χ0) is 10.8. The Hall–Kier alpha value is -0.570.